The van der Waals surface area contributed by atoms with Crippen molar-refractivity contribution in [3.05, 3.63) is 35.4 Å². The first-order chi connectivity index (χ1) is 6.21. The molecular weight excluding hydrogens is 162 g/mol. The molecule has 0 spiro atoms. The maximum absolute atomic E-state index is 10.2. The molecule has 0 aromatic heterocycles. The quantitative estimate of drug-likeness (QED) is 0.675. The molecular formula is C11H15NO. The SMILES string of the molecule is Cc1ccc([C@@]2(O)CCNC2)cc1. The van der Waals surface area contributed by atoms with Gasteiger partial charge in [-0.25, -0.2) is 0 Å². The van der Waals surface area contributed by atoms with Gasteiger partial charge < -0.3 is 10.4 Å². The van der Waals surface area contributed by atoms with Gasteiger partial charge in [-0.05, 0) is 25.5 Å². The molecule has 13 heavy (non-hydrogen) atoms. The van der Waals surface area contributed by atoms with E-state index in [4.69, 9.17) is 0 Å². The molecule has 1 aliphatic heterocycles. The predicted octanol–water partition coefficient (Wildman–Crippen LogP) is 1.18. The van der Waals surface area contributed by atoms with Gasteiger partial charge in [0, 0.05) is 6.54 Å². The highest BCUT2D eigenvalue weighted by Crippen LogP contribution is 2.27. The monoisotopic (exact) mass is 177 g/mol. The Kier molecular flexibility index (Phi) is 2.10. The lowest BCUT2D eigenvalue weighted by molar-refractivity contribution is 0.0587. The van der Waals surface area contributed by atoms with Gasteiger partial charge in [0.05, 0.1) is 0 Å². The van der Waals surface area contributed by atoms with Gasteiger partial charge in [-0.15, -0.1) is 0 Å². The van der Waals surface area contributed by atoms with Crippen LogP contribution in [0.5, 0.6) is 0 Å². The van der Waals surface area contributed by atoms with Crippen molar-refractivity contribution in [2.24, 2.45) is 0 Å². The first-order valence-electron chi connectivity index (χ1n) is 4.71. The highest BCUT2D eigenvalue weighted by Gasteiger charge is 2.32. The van der Waals surface area contributed by atoms with E-state index < -0.39 is 5.60 Å². The summed E-state index contributed by atoms with van der Waals surface area (Å²) in [6.07, 6.45) is 0.816. The number of aliphatic hydroxyl groups is 1. The van der Waals surface area contributed by atoms with Gasteiger partial charge >= 0.3 is 0 Å². The number of aryl methyl sites for hydroxylation is 1. The highest BCUT2D eigenvalue weighted by molar-refractivity contribution is 5.27. The molecule has 1 aromatic carbocycles. The minimum Gasteiger partial charge on any atom is -0.384 e. The summed E-state index contributed by atoms with van der Waals surface area (Å²) in [5.74, 6) is 0. The Morgan fingerprint density at radius 1 is 1.31 bits per heavy atom. The van der Waals surface area contributed by atoms with Crippen molar-refractivity contribution in [2.75, 3.05) is 13.1 Å². The van der Waals surface area contributed by atoms with Crippen LogP contribution in [0.2, 0.25) is 0 Å². The molecule has 1 heterocycles. The van der Waals surface area contributed by atoms with Crippen molar-refractivity contribution in [2.45, 2.75) is 18.9 Å². The number of rotatable bonds is 1. The molecule has 1 saturated heterocycles. The van der Waals surface area contributed by atoms with E-state index in [1.807, 2.05) is 24.3 Å². The van der Waals surface area contributed by atoms with E-state index >= 15 is 0 Å². The van der Waals surface area contributed by atoms with E-state index in [-0.39, 0.29) is 0 Å². The van der Waals surface area contributed by atoms with Gasteiger partial charge in [0.1, 0.15) is 5.60 Å². The van der Waals surface area contributed by atoms with Crippen molar-refractivity contribution < 1.29 is 5.11 Å². The number of hydrogen-bond donors (Lipinski definition) is 2. The minimum absolute atomic E-state index is 0.631. The predicted molar refractivity (Wildman–Crippen MR) is 52.6 cm³/mol. The van der Waals surface area contributed by atoms with Crippen LogP contribution in [0.15, 0.2) is 24.3 Å². The summed E-state index contributed by atoms with van der Waals surface area (Å²) in [6, 6.07) is 8.13. The maximum Gasteiger partial charge on any atom is 0.103 e. The Hall–Kier alpha value is -0.860. The number of nitrogens with one attached hydrogen (secondary N) is 1. The molecule has 0 aliphatic carbocycles. The van der Waals surface area contributed by atoms with Crippen molar-refractivity contribution in [1.29, 1.82) is 0 Å². The fourth-order valence-electron chi connectivity index (χ4n) is 1.79. The van der Waals surface area contributed by atoms with Crippen LogP contribution >= 0.6 is 0 Å². The van der Waals surface area contributed by atoms with Crippen molar-refractivity contribution >= 4 is 0 Å². The van der Waals surface area contributed by atoms with Crippen molar-refractivity contribution in [3.8, 4) is 0 Å². The summed E-state index contributed by atoms with van der Waals surface area (Å²) in [4.78, 5) is 0. The first-order valence-corrected chi connectivity index (χ1v) is 4.71. The second kappa shape index (κ2) is 3.13. The highest BCUT2D eigenvalue weighted by atomic mass is 16.3. The lowest BCUT2D eigenvalue weighted by atomic mass is 9.92. The van der Waals surface area contributed by atoms with Crippen LogP contribution in [0.3, 0.4) is 0 Å². The molecule has 0 amide bonds. The smallest absolute Gasteiger partial charge is 0.103 e. The molecule has 2 N–H and O–H groups in total. The molecule has 0 unspecified atom stereocenters. The summed E-state index contributed by atoms with van der Waals surface area (Å²) < 4.78 is 0. The molecule has 1 atom stereocenters. The number of hydrogen-bond acceptors (Lipinski definition) is 2. The van der Waals surface area contributed by atoms with E-state index in [9.17, 15) is 5.11 Å². The van der Waals surface area contributed by atoms with Crippen molar-refractivity contribution in [1.82, 2.24) is 5.32 Å². The zero-order valence-corrected chi connectivity index (χ0v) is 7.88. The van der Waals surface area contributed by atoms with Gasteiger partial charge in [0.2, 0.25) is 0 Å². The Balaban J connectivity index is 2.29. The van der Waals surface area contributed by atoms with Crippen molar-refractivity contribution in [3.63, 3.8) is 0 Å². The Morgan fingerprint density at radius 3 is 2.54 bits per heavy atom. The average molecular weight is 177 g/mol. The topological polar surface area (TPSA) is 32.3 Å². The normalized spacial score (nSPS) is 27.8. The van der Waals surface area contributed by atoms with Crippen LogP contribution in [0.25, 0.3) is 0 Å². The lowest BCUT2D eigenvalue weighted by Gasteiger charge is -2.21. The molecule has 2 rings (SSSR count). The second-order valence-electron chi connectivity index (χ2n) is 3.82. The third-order valence-electron chi connectivity index (χ3n) is 2.72. The third-order valence-corrected chi connectivity index (χ3v) is 2.72. The van der Waals surface area contributed by atoms with Gasteiger partial charge in [-0.3, -0.25) is 0 Å². The van der Waals surface area contributed by atoms with Gasteiger partial charge in [-0.1, -0.05) is 29.8 Å². The Morgan fingerprint density at radius 2 is 2.00 bits per heavy atom. The molecule has 2 heteroatoms. The number of benzene rings is 1. The van der Waals surface area contributed by atoms with Gasteiger partial charge in [0.25, 0.3) is 0 Å². The van der Waals surface area contributed by atoms with Gasteiger partial charge in [-0.2, -0.15) is 0 Å². The first kappa shape index (κ1) is 8.73. The molecule has 0 radical (unpaired) electrons. The van der Waals surface area contributed by atoms with Crippen LogP contribution in [0.1, 0.15) is 17.5 Å². The molecule has 2 nitrogen and oxygen atoms in total. The van der Waals surface area contributed by atoms with E-state index in [0.29, 0.717) is 6.54 Å². The van der Waals surface area contributed by atoms with E-state index in [2.05, 4.69) is 12.2 Å². The van der Waals surface area contributed by atoms with E-state index in [0.717, 1.165) is 18.5 Å². The standard InChI is InChI=1S/C11H15NO/c1-9-2-4-10(5-3-9)11(13)6-7-12-8-11/h2-5,12-13H,6-8H2,1H3/t11-/m1/s1. The van der Waals surface area contributed by atoms with Crippen LogP contribution in [-0.4, -0.2) is 18.2 Å². The summed E-state index contributed by atoms with van der Waals surface area (Å²) in [7, 11) is 0. The molecule has 1 fully saturated rings. The van der Waals surface area contributed by atoms with E-state index in [1.54, 1.807) is 0 Å². The fourth-order valence-corrected chi connectivity index (χ4v) is 1.79. The third kappa shape index (κ3) is 1.60. The van der Waals surface area contributed by atoms with Crippen LogP contribution < -0.4 is 5.32 Å². The second-order valence-corrected chi connectivity index (χ2v) is 3.82. The molecule has 0 bridgehead atoms. The van der Waals surface area contributed by atoms with Gasteiger partial charge in [0.15, 0.2) is 0 Å². The number of β-amino-alcohol motifs (C(OH)–C–C–N with tert-alkyl or cyclic N) is 1. The summed E-state index contributed by atoms with van der Waals surface area (Å²) in [5, 5.41) is 13.4. The maximum atomic E-state index is 10.2. The summed E-state index contributed by atoms with van der Waals surface area (Å²) in [5.41, 5.74) is 1.63. The molecule has 1 aromatic rings. The zero-order valence-electron chi connectivity index (χ0n) is 7.88. The van der Waals surface area contributed by atoms with E-state index in [1.165, 1.54) is 5.56 Å². The largest absolute Gasteiger partial charge is 0.384 e. The Labute approximate surface area is 78.6 Å². The van der Waals surface area contributed by atoms with Crippen LogP contribution in [-0.2, 0) is 5.60 Å². The molecule has 0 saturated carbocycles. The zero-order chi connectivity index (χ0) is 9.31. The molecule has 1 aliphatic rings. The van der Waals surface area contributed by atoms with Crippen LogP contribution in [0, 0.1) is 6.92 Å². The minimum atomic E-state index is -0.631. The Bertz CT molecular complexity index is 285. The lowest BCUT2D eigenvalue weighted by Crippen LogP contribution is -2.28. The van der Waals surface area contributed by atoms with Crippen LogP contribution in [0.4, 0.5) is 0 Å². The fraction of sp³-hybridized carbons (Fsp3) is 0.455. The molecule has 70 valence electrons. The summed E-state index contributed by atoms with van der Waals surface area (Å²) in [6.45, 7) is 3.64. The average Bonchev–Trinajstić information content (AvgIpc) is 2.54. The summed E-state index contributed by atoms with van der Waals surface area (Å²) >= 11 is 0.